The van der Waals surface area contributed by atoms with Crippen molar-refractivity contribution in [2.75, 3.05) is 31.1 Å². The maximum atomic E-state index is 12.7. The Hall–Kier alpha value is -2.76. The average molecular weight is 377 g/mol. The number of aromatic nitrogens is 2. The second-order valence-electron chi connectivity index (χ2n) is 7.95. The lowest BCUT2D eigenvalue weighted by Gasteiger charge is -2.25. The van der Waals surface area contributed by atoms with Gasteiger partial charge in [-0.1, -0.05) is 25.0 Å². The van der Waals surface area contributed by atoms with Crippen LogP contribution in [0.3, 0.4) is 0 Å². The summed E-state index contributed by atoms with van der Waals surface area (Å²) in [5.41, 5.74) is 3.25. The second-order valence-corrected chi connectivity index (χ2v) is 7.95. The lowest BCUT2D eigenvalue weighted by molar-refractivity contribution is 0.197. The van der Waals surface area contributed by atoms with Crippen LogP contribution in [0.15, 0.2) is 42.6 Å². The monoisotopic (exact) mass is 377 g/mol. The standard InChI is InChI=1S/C22H27N5O/c28-22(23-17-7-1-2-8-17)26-13-6-12-25(15-16-26)21-20-11-5-14-27(20)19-10-4-3-9-18(19)24-21/h3-5,9-11,14,17H,1-2,6-8,12-13,15-16H2,(H,23,28). The number of nitrogens with zero attached hydrogens (tertiary/aromatic N) is 4. The number of carbonyl (C=O) groups is 1. The van der Waals surface area contributed by atoms with E-state index < -0.39 is 0 Å². The molecule has 1 saturated carbocycles. The maximum absolute atomic E-state index is 12.7. The Balaban J connectivity index is 1.37. The van der Waals surface area contributed by atoms with E-state index in [2.05, 4.69) is 51.1 Å². The van der Waals surface area contributed by atoms with E-state index in [1.165, 1.54) is 12.8 Å². The first-order valence-electron chi connectivity index (χ1n) is 10.5. The minimum Gasteiger partial charge on any atom is -0.353 e. The number of hydrogen-bond donors (Lipinski definition) is 1. The van der Waals surface area contributed by atoms with E-state index in [-0.39, 0.29) is 6.03 Å². The molecule has 0 atom stereocenters. The van der Waals surface area contributed by atoms with E-state index in [0.29, 0.717) is 6.04 Å². The van der Waals surface area contributed by atoms with Crippen LogP contribution in [-0.4, -0.2) is 52.5 Å². The van der Waals surface area contributed by atoms with Crippen LogP contribution < -0.4 is 10.2 Å². The molecule has 146 valence electrons. The molecular formula is C22H27N5O. The minimum atomic E-state index is 0.105. The molecule has 28 heavy (non-hydrogen) atoms. The summed E-state index contributed by atoms with van der Waals surface area (Å²) < 4.78 is 2.22. The number of fused-ring (bicyclic) bond motifs is 3. The van der Waals surface area contributed by atoms with Crippen molar-refractivity contribution >= 4 is 28.4 Å². The molecule has 1 aliphatic carbocycles. The van der Waals surface area contributed by atoms with Gasteiger partial charge in [0.15, 0.2) is 5.82 Å². The molecule has 2 amide bonds. The third kappa shape index (κ3) is 3.17. The fraction of sp³-hybridized carbons (Fsp3) is 0.455. The van der Waals surface area contributed by atoms with Gasteiger partial charge in [-0.15, -0.1) is 0 Å². The SMILES string of the molecule is O=C(NC1CCCC1)N1CCCN(c2nc3ccccc3n3cccc23)CC1. The van der Waals surface area contributed by atoms with E-state index in [1.807, 2.05) is 11.0 Å². The van der Waals surface area contributed by atoms with Gasteiger partial charge in [-0.2, -0.15) is 0 Å². The van der Waals surface area contributed by atoms with Crippen LogP contribution in [0.2, 0.25) is 0 Å². The number of hydrogen-bond acceptors (Lipinski definition) is 3. The van der Waals surface area contributed by atoms with Gasteiger partial charge in [0.05, 0.1) is 16.6 Å². The lowest BCUT2D eigenvalue weighted by atomic mass is 10.2. The van der Waals surface area contributed by atoms with Crippen LogP contribution in [0.4, 0.5) is 10.6 Å². The van der Waals surface area contributed by atoms with Crippen molar-refractivity contribution < 1.29 is 4.79 Å². The highest BCUT2D eigenvalue weighted by Crippen LogP contribution is 2.26. The zero-order valence-electron chi connectivity index (χ0n) is 16.2. The summed E-state index contributed by atoms with van der Waals surface area (Å²) in [5.74, 6) is 1.02. The Morgan fingerprint density at radius 1 is 0.929 bits per heavy atom. The Kier molecular flexibility index (Phi) is 4.55. The summed E-state index contributed by atoms with van der Waals surface area (Å²) in [6.45, 7) is 3.27. The summed E-state index contributed by atoms with van der Waals surface area (Å²) in [5, 5.41) is 3.23. The van der Waals surface area contributed by atoms with E-state index in [0.717, 1.165) is 67.8 Å². The van der Waals surface area contributed by atoms with Gasteiger partial charge in [-0.3, -0.25) is 0 Å². The molecule has 2 fully saturated rings. The number of carbonyl (C=O) groups excluding carboxylic acids is 1. The van der Waals surface area contributed by atoms with Crippen molar-refractivity contribution in [1.82, 2.24) is 19.6 Å². The molecule has 1 aliphatic heterocycles. The molecule has 2 aliphatic rings. The summed E-state index contributed by atoms with van der Waals surface area (Å²) in [6, 6.07) is 12.9. The molecule has 1 saturated heterocycles. The summed E-state index contributed by atoms with van der Waals surface area (Å²) in [4.78, 5) is 22.0. The molecule has 2 aromatic heterocycles. The molecule has 3 heterocycles. The van der Waals surface area contributed by atoms with Gasteiger partial charge < -0.3 is 19.5 Å². The van der Waals surface area contributed by atoms with Crippen LogP contribution in [0.1, 0.15) is 32.1 Å². The summed E-state index contributed by atoms with van der Waals surface area (Å²) >= 11 is 0. The van der Waals surface area contributed by atoms with Crippen molar-refractivity contribution in [3.63, 3.8) is 0 Å². The number of nitrogens with one attached hydrogen (secondary N) is 1. The first-order chi connectivity index (χ1) is 13.8. The fourth-order valence-corrected chi connectivity index (χ4v) is 4.61. The zero-order valence-corrected chi connectivity index (χ0v) is 16.2. The van der Waals surface area contributed by atoms with E-state index in [9.17, 15) is 4.79 Å². The third-order valence-corrected chi connectivity index (χ3v) is 6.11. The first kappa shape index (κ1) is 17.3. The van der Waals surface area contributed by atoms with Gasteiger partial charge in [0.2, 0.25) is 0 Å². The van der Waals surface area contributed by atoms with Crippen LogP contribution >= 0.6 is 0 Å². The van der Waals surface area contributed by atoms with Gasteiger partial charge in [0.1, 0.15) is 0 Å². The smallest absolute Gasteiger partial charge is 0.317 e. The van der Waals surface area contributed by atoms with Crippen molar-refractivity contribution in [3.05, 3.63) is 42.6 Å². The number of anilines is 1. The highest BCUT2D eigenvalue weighted by molar-refractivity contribution is 5.85. The molecule has 0 unspecified atom stereocenters. The molecule has 1 aromatic carbocycles. The van der Waals surface area contributed by atoms with Gasteiger partial charge in [0, 0.05) is 38.4 Å². The molecular weight excluding hydrogens is 350 g/mol. The number of rotatable bonds is 2. The maximum Gasteiger partial charge on any atom is 0.317 e. The van der Waals surface area contributed by atoms with Crippen LogP contribution in [0.5, 0.6) is 0 Å². The number of amides is 2. The van der Waals surface area contributed by atoms with Crippen LogP contribution in [-0.2, 0) is 0 Å². The van der Waals surface area contributed by atoms with Crippen LogP contribution in [0.25, 0.3) is 16.6 Å². The number of benzene rings is 1. The molecule has 6 nitrogen and oxygen atoms in total. The summed E-state index contributed by atoms with van der Waals surface area (Å²) in [7, 11) is 0. The van der Waals surface area contributed by atoms with Gasteiger partial charge in [-0.25, -0.2) is 9.78 Å². The molecule has 1 N–H and O–H groups in total. The first-order valence-corrected chi connectivity index (χ1v) is 10.5. The molecule has 0 radical (unpaired) electrons. The fourth-order valence-electron chi connectivity index (χ4n) is 4.61. The van der Waals surface area contributed by atoms with Crippen molar-refractivity contribution in [1.29, 1.82) is 0 Å². The molecule has 0 bridgehead atoms. The van der Waals surface area contributed by atoms with Gasteiger partial charge >= 0.3 is 6.03 Å². The second kappa shape index (κ2) is 7.34. The van der Waals surface area contributed by atoms with Gasteiger partial charge in [0.25, 0.3) is 0 Å². The van der Waals surface area contributed by atoms with Crippen molar-refractivity contribution in [3.8, 4) is 0 Å². The van der Waals surface area contributed by atoms with Crippen molar-refractivity contribution in [2.24, 2.45) is 0 Å². The van der Waals surface area contributed by atoms with E-state index >= 15 is 0 Å². The highest BCUT2D eigenvalue weighted by atomic mass is 16.2. The molecule has 5 rings (SSSR count). The molecule has 3 aromatic rings. The number of urea groups is 1. The van der Waals surface area contributed by atoms with Crippen LogP contribution in [0, 0.1) is 0 Å². The Bertz CT molecular complexity index is 991. The van der Waals surface area contributed by atoms with E-state index in [4.69, 9.17) is 4.98 Å². The molecule has 0 spiro atoms. The quantitative estimate of drug-likeness (QED) is 0.742. The highest BCUT2D eigenvalue weighted by Gasteiger charge is 2.24. The average Bonchev–Trinajstić information content (AvgIpc) is 3.35. The predicted molar refractivity (Wildman–Crippen MR) is 112 cm³/mol. The largest absolute Gasteiger partial charge is 0.353 e. The third-order valence-electron chi connectivity index (χ3n) is 6.11. The Morgan fingerprint density at radius 2 is 1.75 bits per heavy atom. The Morgan fingerprint density at radius 3 is 2.64 bits per heavy atom. The lowest BCUT2D eigenvalue weighted by Crippen LogP contribution is -2.45. The normalized spacial score (nSPS) is 18.7. The molecule has 6 heteroatoms. The van der Waals surface area contributed by atoms with E-state index in [1.54, 1.807) is 0 Å². The predicted octanol–water partition coefficient (Wildman–Crippen LogP) is 3.65. The zero-order chi connectivity index (χ0) is 18.9. The van der Waals surface area contributed by atoms with Crippen molar-refractivity contribution in [2.45, 2.75) is 38.1 Å². The summed E-state index contributed by atoms with van der Waals surface area (Å²) in [6.07, 6.45) is 7.78. The minimum absolute atomic E-state index is 0.105. The topological polar surface area (TPSA) is 52.9 Å². The van der Waals surface area contributed by atoms with Gasteiger partial charge in [-0.05, 0) is 43.5 Å². The Labute approximate surface area is 165 Å². The number of para-hydroxylation sites is 2.